The number of nitrogens with zero attached hydrogens (tertiary/aromatic N) is 2. The van der Waals surface area contributed by atoms with Crippen LogP contribution in [0.4, 0.5) is 16.2 Å². The monoisotopic (exact) mass is 384 g/mol. The fourth-order valence-electron chi connectivity index (χ4n) is 4.34. The third-order valence-corrected chi connectivity index (χ3v) is 5.81. The summed E-state index contributed by atoms with van der Waals surface area (Å²) in [6, 6.07) is 6.76. The SMILES string of the molecule is O=C(CCN1C(=O)NC2(CCCC2)C1=O)Nc1ccccc1N1CCCC1=O. The van der Waals surface area contributed by atoms with Gasteiger partial charge in [0.2, 0.25) is 11.8 Å². The molecule has 8 nitrogen and oxygen atoms in total. The van der Waals surface area contributed by atoms with E-state index in [0.717, 1.165) is 24.2 Å². The van der Waals surface area contributed by atoms with Gasteiger partial charge in [-0.1, -0.05) is 25.0 Å². The van der Waals surface area contributed by atoms with Gasteiger partial charge in [-0.05, 0) is 31.4 Å². The summed E-state index contributed by atoms with van der Waals surface area (Å²) in [6.07, 6.45) is 4.50. The molecule has 1 aliphatic carbocycles. The number of benzene rings is 1. The van der Waals surface area contributed by atoms with Crippen molar-refractivity contribution < 1.29 is 19.2 Å². The molecule has 0 radical (unpaired) electrons. The van der Waals surface area contributed by atoms with E-state index in [1.807, 2.05) is 6.07 Å². The van der Waals surface area contributed by atoms with Crippen molar-refractivity contribution in [2.24, 2.45) is 0 Å². The molecule has 3 fully saturated rings. The molecular formula is C20H24N4O4. The van der Waals surface area contributed by atoms with Gasteiger partial charge in [0.25, 0.3) is 5.91 Å². The zero-order chi connectivity index (χ0) is 19.7. The highest BCUT2D eigenvalue weighted by atomic mass is 16.2. The lowest BCUT2D eigenvalue weighted by Crippen LogP contribution is -2.44. The number of hydrogen-bond donors (Lipinski definition) is 2. The van der Waals surface area contributed by atoms with Crippen LogP contribution in [0.3, 0.4) is 0 Å². The molecule has 1 saturated carbocycles. The van der Waals surface area contributed by atoms with Crippen molar-refractivity contribution in [1.29, 1.82) is 0 Å². The molecule has 1 spiro atoms. The Morgan fingerprint density at radius 1 is 1.11 bits per heavy atom. The molecule has 148 valence electrons. The first-order chi connectivity index (χ1) is 13.5. The van der Waals surface area contributed by atoms with Crippen LogP contribution < -0.4 is 15.5 Å². The number of carbonyl (C=O) groups is 4. The Morgan fingerprint density at radius 2 is 1.86 bits per heavy atom. The van der Waals surface area contributed by atoms with E-state index in [2.05, 4.69) is 10.6 Å². The number of para-hydroxylation sites is 2. The largest absolute Gasteiger partial charge is 0.325 e. The molecule has 3 aliphatic rings. The minimum absolute atomic E-state index is 0.0114. The molecule has 0 unspecified atom stereocenters. The smallest absolute Gasteiger partial charge is 0.324 e. The highest BCUT2D eigenvalue weighted by Crippen LogP contribution is 2.35. The van der Waals surface area contributed by atoms with Crippen molar-refractivity contribution >= 4 is 35.1 Å². The Labute approximate surface area is 163 Å². The van der Waals surface area contributed by atoms with Crippen LogP contribution in [0.1, 0.15) is 44.9 Å². The van der Waals surface area contributed by atoms with Crippen LogP contribution >= 0.6 is 0 Å². The summed E-state index contributed by atoms with van der Waals surface area (Å²) in [6.45, 7) is 0.680. The summed E-state index contributed by atoms with van der Waals surface area (Å²) < 4.78 is 0. The highest BCUT2D eigenvalue weighted by Gasteiger charge is 2.52. The molecule has 0 aromatic heterocycles. The minimum Gasteiger partial charge on any atom is -0.324 e. The van der Waals surface area contributed by atoms with Gasteiger partial charge in [-0.2, -0.15) is 0 Å². The molecule has 0 bridgehead atoms. The Hall–Kier alpha value is -2.90. The Bertz CT molecular complexity index is 831. The van der Waals surface area contributed by atoms with Crippen LogP contribution in [-0.2, 0) is 14.4 Å². The lowest BCUT2D eigenvalue weighted by Gasteiger charge is -2.21. The van der Waals surface area contributed by atoms with Crippen LogP contribution in [0.15, 0.2) is 24.3 Å². The van der Waals surface area contributed by atoms with E-state index in [4.69, 9.17) is 0 Å². The van der Waals surface area contributed by atoms with E-state index >= 15 is 0 Å². The topological polar surface area (TPSA) is 98.8 Å². The number of urea groups is 1. The second-order valence-electron chi connectivity index (χ2n) is 7.64. The average molecular weight is 384 g/mol. The Balaban J connectivity index is 1.39. The van der Waals surface area contributed by atoms with Gasteiger partial charge in [0.1, 0.15) is 5.54 Å². The maximum atomic E-state index is 12.6. The van der Waals surface area contributed by atoms with Gasteiger partial charge in [0, 0.05) is 25.9 Å². The molecule has 28 heavy (non-hydrogen) atoms. The van der Waals surface area contributed by atoms with Crippen LogP contribution in [0.5, 0.6) is 0 Å². The predicted molar refractivity (Wildman–Crippen MR) is 103 cm³/mol. The second-order valence-corrected chi connectivity index (χ2v) is 7.64. The third-order valence-electron chi connectivity index (χ3n) is 5.81. The van der Waals surface area contributed by atoms with Gasteiger partial charge in [-0.15, -0.1) is 0 Å². The van der Waals surface area contributed by atoms with E-state index in [-0.39, 0.29) is 30.7 Å². The minimum atomic E-state index is -0.754. The van der Waals surface area contributed by atoms with Gasteiger partial charge in [-0.25, -0.2) is 4.79 Å². The zero-order valence-corrected chi connectivity index (χ0v) is 15.7. The highest BCUT2D eigenvalue weighted by molar-refractivity contribution is 6.08. The standard InChI is InChI=1S/C20H24N4O4/c25-16(9-13-24-18(27)20(22-19(24)28)10-3-4-11-20)21-14-6-1-2-7-15(14)23-12-5-8-17(23)26/h1-2,6-7H,3-5,8-13H2,(H,21,25)(H,22,28). The molecule has 1 aromatic rings. The maximum Gasteiger partial charge on any atom is 0.325 e. The molecule has 1 aromatic carbocycles. The molecule has 0 atom stereocenters. The maximum absolute atomic E-state index is 12.6. The second kappa shape index (κ2) is 7.26. The van der Waals surface area contributed by atoms with Crippen molar-refractivity contribution in [3.8, 4) is 0 Å². The molecule has 8 heteroatoms. The number of anilines is 2. The molecule has 4 rings (SSSR count). The molecule has 2 heterocycles. The summed E-state index contributed by atoms with van der Waals surface area (Å²) >= 11 is 0. The normalized spacial score (nSPS) is 20.9. The number of carbonyl (C=O) groups excluding carboxylic acids is 4. The predicted octanol–water partition coefficient (Wildman–Crippen LogP) is 2.01. The number of rotatable bonds is 5. The lowest BCUT2D eigenvalue weighted by atomic mass is 9.98. The summed E-state index contributed by atoms with van der Waals surface area (Å²) in [5.41, 5.74) is 0.487. The van der Waals surface area contributed by atoms with Crippen molar-refractivity contribution in [1.82, 2.24) is 10.2 Å². The van der Waals surface area contributed by atoms with Crippen molar-refractivity contribution in [3.63, 3.8) is 0 Å². The van der Waals surface area contributed by atoms with Crippen molar-refractivity contribution in [3.05, 3.63) is 24.3 Å². The van der Waals surface area contributed by atoms with E-state index in [0.29, 0.717) is 37.2 Å². The van der Waals surface area contributed by atoms with Crippen molar-refractivity contribution in [2.45, 2.75) is 50.5 Å². The summed E-state index contributed by atoms with van der Waals surface area (Å²) in [4.78, 5) is 52.2. The molecule has 2 aliphatic heterocycles. The molecule has 5 amide bonds. The molecular weight excluding hydrogens is 360 g/mol. The van der Waals surface area contributed by atoms with Crippen LogP contribution in [0.2, 0.25) is 0 Å². The van der Waals surface area contributed by atoms with Gasteiger partial charge in [-0.3, -0.25) is 19.3 Å². The first kappa shape index (κ1) is 18.5. The van der Waals surface area contributed by atoms with Gasteiger partial charge in [0.15, 0.2) is 0 Å². The van der Waals surface area contributed by atoms with E-state index in [1.54, 1.807) is 23.1 Å². The van der Waals surface area contributed by atoms with E-state index < -0.39 is 11.6 Å². The first-order valence-electron chi connectivity index (χ1n) is 9.83. The third kappa shape index (κ3) is 3.23. The lowest BCUT2D eigenvalue weighted by molar-refractivity contribution is -0.131. The quantitative estimate of drug-likeness (QED) is 0.759. The van der Waals surface area contributed by atoms with Crippen LogP contribution in [0, 0.1) is 0 Å². The van der Waals surface area contributed by atoms with E-state index in [1.165, 1.54) is 0 Å². The number of imide groups is 1. The Morgan fingerprint density at radius 3 is 2.57 bits per heavy atom. The average Bonchev–Trinajstić information content (AvgIpc) is 3.36. The Kier molecular flexibility index (Phi) is 4.78. The zero-order valence-electron chi connectivity index (χ0n) is 15.7. The van der Waals surface area contributed by atoms with Crippen LogP contribution in [-0.4, -0.2) is 47.3 Å². The van der Waals surface area contributed by atoms with Crippen molar-refractivity contribution in [2.75, 3.05) is 23.3 Å². The van der Waals surface area contributed by atoms with Gasteiger partial charge in [0.05, 0.1) is 11.4 Å². The number of amides is 5. The summed E-state index contributed by atoms with van der Waals surface area (Å²) in [7, 11) is 0. The fraction of sp³-hybridized carbons (Fsp3) is 0.500. The molecule has 2 N–H and O–H groups in total. The fourth-order valence-corrected chi connectivity index (χ4v) is 4.34. The van der Waals surface area contributed by atoms with E-state index in [9.17, 15) is 19.2 Å². The number of hydrogen-bond acceptors (Lipinski definition) is 4. The summed E-state index contributed by atoms with van der Waals surface area (Å²) in [5, 5.41) is 5.64. The van der Waals surface area contributed by atoms with Crippen LogP contribution in [0.25, 0.3) is 0 Å². The van der Waals surface area contributed by atoms with Gasteiger partial charge < -0.3 is 15.5 Å². The number of nitrogens with one attached hydrogen (secondary N) is 2. The molecule has 2 saturated heterocycles. The summed E-state index contributed by atoms with van der Waals surface area (Å²) in [5.74, 6) is -0.471. The van der Waals surface area contributed by atoms with Gasteiger partial charge >= 0.3 is 6.03 Å². The first-order valence-corrected chi connectivity index (χ1v) is 9.83.